The maximum atomic E-state index is 13.5. The van der Waals surface area contributed by atoms with Crippen LogP contribution in [0.4, 0.5) is 4.79 Å². The van der Waals surface area contributed by atoms with Gasteiger partial charge < -0.3 is 19.5 Å². The highest BCUT2D eigenvalue weighted by Gasteiger charge is 2.34. The zero-order valence-corrected chi connectivity index (χ0v) is 22.6. The summed E-state index contributed by atoms with van der Waals surface area (Å²) in [5.41, 5.74) is 1.85. The highest BCUT2D eigenvalue weighted by atomic mass is 32.2. The number of hydrogen-bond acceptors (Lipinski definition) is 6. The molecule has 3 rings (SSSR count). The summed E-state index contributed by atoms with van der Waals surface area (Å²) in [5.74, 6) is 0.724. The van der Waals surface area contributed by atoms with Crippen LogP contribution in [0.25, 0.3) is 0 Å². The van der Waals surface area contributed by atoms with Gasteiger partial charge in [0.25, 0.3) is 0 Å². The summed E-state index contributed by atoms with van der Waals surface area (Å²) < 4.78 is 39.8. The summed E-state index contributed by atoms with van der Waals surface area (Å²) >= 11 is 0. The number of aliphatic hydroxyl groups excluding tert-OH is 1. The third-order valence-corrected chi connectivity index (χ3v) is 7.04. The summed E-state index contributed by atoms with van der Waals surface area (Å²) in [7, 11) is -3.93. The molecule has 0 atom stereocenters. The lowest BCUT2D eigenvalue weighted by atomic mass is 10.1. The van der Waals surface area contributed by atoms with Crippen LogP contribution in [0.3, 0.4) is 0 Å². The zero-order valence-electron chi connectivity index (χ0n) is 21.8. The van der Waals surface area contributed by atoms with E-state index in [1.807, 2.05) is 45.9 Å². The number of carbonyl (C=O) groups excluding carboxylic acids is 1. The van der Waals surface area contributed by atoms with Gasteiger partial charge in [-0.1, -0.05) is 26.0 Å². The van der Waals surface area contributed by atoms with Gasteiger partial charge in [0.2, 0.25) is 10.0 Å². The molecular weight excluding hydrogens is 468 g/mol. The van der Waals surface area contributed by atoms with Crippen LogP contribution >= 0.6 is 0 Å². The summed E-state index contributed by atoms with van der Waals surface area (Å²) in [4.78, 5) is 13.8. The van der Waals surface area contributed by atoms with Gasteiger partial charge in [-0.15, -0.1) is 0 Å². The molecule has 0 aliphatic carbocycles. The Hall–Kier alpha value is -2.62. The van der Waals surface area contributed by atoms with Crippen molar-refractivity contribution in [3.05, 3.63) is 53.1 Å². The predicted molar refractivity (Wildman–Crippen MR) is 136 cm³/mol. The lowest BCUT2D eigenvalue weighted by Crippen LogP contribution is -2.51. The largest absolute Gasteiger partial charge is 0.456 e. The molecule has 0 radical (unpaired) electrons. The minimum Gasteiger partial charge on any atom is -0.456 e. The van der Waals surface area contributed by atoms with Gasteiger partial charge in [-0.25, -0.2) is 13.2 Å². The summed E-state index contributed by atoms with van der Waals surface area (Å²) in [5, 5.41) is 9.57. The number of benzene rings is 2. The van der Waals surface area contributed by atoms with Crippen LogP contribution in [0.1, 0.15) is 51.3 Å². The van der Waals surface area contributed by atoms with Gasteiger partial charge in [0, 0.05) is 26.2 Å². The molecule has 0 spiro atoms. The fourth-order valence-electron chi connectivity index (χ4n) is 3.63. The minimum atomic E-state index is -3.93. The van der Waals surface area contributed by atoms with Gasteiger partial charge in [-0.05, 0) is 75.6 Å². The van der Waals surface area contributed by atoms with Crippen molar-refractivity contribution in [1.82, 2.24) is 9.21 Å². The molecule has 0 saturated carbocycles. The van der Waals surface area contributed by atoms with Crippen molar-refractivity contribution in [1.29, 1.82) is 0 Å². The first-order chi connectivity index (χ1) is 16.4. The van der Waals surface area contributed by atoms with E-state index in [9.17, 15) is 18.3 Å². The number of piperazine rings is 1. The van der Waals surface area contributed by atoms with Crippen molar-refractivity contribution in [2.75, 3.05) is 26.2 Å². The van der Waals surface area contributed by atoms with E-state index in [0.717, 1.165) is 11.1 Å². The number of aliphatic hydroxyl groups is 1. The van der Waals surface area contributed by atoms with Gasteiger partial charge in [0.05, 0.1) is 6.61 Å². The third kappa shape index (κ3) is 7.68. The fraction of sp³-hybridized carbons (Fsp3) is 0.500. The van der Waals surface area contributed by atoms with Crippen LogP contribution in [0.2, 0.25) is 0 Å². The van der Waals surface area contributed by atoms with E-state index in [2.05, 4.69) is 0 Å². The van der Waals surface area contributed by atoms with E-state index in [1.165, 1.54) is 15.3 Å². The summed E-state index contributed by atoms with van der Waals surface area (Å²) in [6.45, 7) is 13.7. The van der Waals surface area contributed by atoms with Gasteiger partial charge in [-0.2, -0.15) is 4.31 Å². The molecule has 0 unspecified atom stereocenters. The van der Waals surface area contributed by atoms with E-state index in [0.29, 0.717) is 11.3 Å². The first-order valence-corrected chi connectivity index (χ1v) is 13.3. The van der Waals surface area contributed by atoms with Crippen molar-refractivity contribution in [2.24, 2.45) is 0 Å². The summed E-state index contributed by atoms with van der Waals surface area (Å²) in [6, 6.07) is 10.3. The molecule has 0 aromatic heterocycles. The number of rotatable bonds is 5. The highest BCUT2D eigenvalue weighted by molar-refractivity contribution is 7.89. The van der Waals surface area contributed by atoms with E-state index >= 15 is 0 Å². The second kappa shape index (κ2) is 11.9. The first kappa shape index (κ1) is 28.6. The molecule has 1 N–H and O–H groups in total. The van der Waals surface area contributed by atoms with Gasteiger partial charge in [0.15, 0.2) is 0 Å². The Kier molecular flexibility index (Phi) is 9.71. The van der Waals surface area contributed by atoms with Crippen LogP contribution in [0.15, 0.2) is 41.3 Å². The van der Waals surface area contributed by atoms with Crippen LogP contribution in [-0.4, -0.2) is 60.6 Å². The van der Waals surface area contributed by atoms with E-state index in [4.69, 9.17) is 9.47 Å². The highest BCUT2D eigenvalue weighted by Crippen LogP contribution is 2.33. The lowest BCUT2D eigenvalue weighted by Gasteiger charge is -2.35. The van der Waals surface area contributed by atoms with Crippen LogP contribution in [0, 0.1) is 13.8 Å². The number of aryl methyl sites for hydroxylation is 2. The fourth-order valence-corrected chi connectivity index (χ4v) is 5.22. The number of ether oxygens (including phenoxy) is 2. The van der Waals surface area contributed by atoms with Crippen LogP contribution in [0.5, 0.6) is 11.5 Å². The average molecular weight is 507 g/mol. The second-order valence-corrected chi connectivity index (χ2v) is 11.1. The van der Waals surface area contributed by atoms with E-state index < -0.39 is 21.7 Å². The molecule has 194 valence electrons. The molecule has 1 heterocycles. The Bertz CT molecular complexity index is 1100. The molecule has 1 fully saturated rings. The van der Waals surface area contributed by atoms with Gasteiger partial charge >= 0.3 is 6.09 Å². The average Bonchev–Trinajstić information content (AvgIpc) is 2.79. The Morgan fingerprint density at radius 2 is 1.54 bits per heavy atom. The van der Waals surface area contributed by atoms with Gasteiger partial charge in [-0.3, -0.25) is 0 Å². The second-order valence-electron chi connectivity index (χ2n) is 9.24. The normalized spacial score (nSPS) is 14.7. The molecule has 1 saturated heterocycles. The van der Waals surface area contributed by atoms with E-state index in [-0.39, 0.29) is 43.4 Å². The van der Waals surface area contributed by atoms with E-state index in [1.54, 1.807) is 32.9 Å². The SMILES string of the molecule is CC.Cc1cc(C)cc(Oc2ccc(CO)cc2S(=O)(=O)N2CCN(C(=O)OC(C)(C)C)CC2)c1. The quantitative estimate of drug-likeness (QED) is 0.622. The smallest absolute Gasteiger partial charge is 0.410 e. The van der Waals surface area contributed by atoms with Crippen molar-refractivity contribution < 1.29 is 27.8 Å². The van der Waals surface area contributed by atoms with Crippen molar-refractivity contribution in [3.8, 4) is 11.5 Å². The molecule has 0 bridgehead atoms. The molecule has 8 nitrogen and oxygen atoms in total. The third-order valence-electron chi connectivity index (χ3n) is 5.12. The Labute approximate surface area is 209 Å². The minimum absolute atomic E-state index is 0.0149. The van der Waals surface area contributed by atoms with Crippen LogP contribution < -0.4 is 4.74 Å². The Balaban J connectivity index is 0.00000210. The maximum Gasteiger partial charge on any atom is 0.410 e. The molecule has 2 aromatic rings. The number of nitrogens with zero attached hydrogens (tertiary/aromatic N) is 2. The number of hydrogen-bond donors (Lipinski definition) is 1. The molecular formula is C26H38N2O6S. The molecule has 35 heavy (non-hydrogen) atoms. The van der Waals surface area contributed by atoms with Crippen molar-refractivity contribution in [3.63, 3.8) is 0 Å². The number of sulfonamides is 1. The first-order valence-electron chi connectivity index (χ1n) is 11.9. The Morgan fingerprint density at radius 1 is 0.971 bits per heavy atom. The number of amides is 1. The monoisotopic (exact) mass is 506 g/mol. The topological polar surface area (TPSA) is 96.4 Å². The molecule has 2 aromatic carbocycles. The molecule has 9 heteroatoms. The molecule has 1 aliphatic heterocycles. The standard InChI is InChI=1S/C24H32N2O6S.C2H6/c1-17-12-18(2)14-20(13-17)31-21-7-6-19(16-27)15-22(21)33(29,30)26-10-8-25(9-11-26)23(28)32-24(3,4)5;1-2/h6-7,12-15,27H,8-11,16H2,1-5H3;1-2H3. The Morgan fingerprint density at radius 3 is 2.06 bits per heavy atom. The van der Waals surface area contributed by atoms with Gasteiger partial charge in [0.1, 0.15) is 22.0 Å². The zero-order chi connectivity index (χ0) is 26.4. The predicted octanol–water partition coefficient (Wildman–Crippen LogP) is 4.86. The summed E-state index contributed by atoms with van der Waals surface area (Å²) in [6.07, 6.45) is -0.458. The van der Waals surface area contributed by atoms with Crippen molar-refractivity contribution >= 4 is 16.1 Å². The number of carbonyl (C=O) groups is 1. The molecule has 1 amide bonds. The van der Waals surface area contributed by atoms with Crippen LogP contribution in [-0.2, 0) is 21.4 Å². The lowest BCUT2D eigenvalue weighted by molar-refractivity contribution is 0.0192. The molecule has 1 aliphatic rings. The van der Waals surface area contributed by atoms with Crippen molar-refractivity contribution in [2.45, 2.75) is 65.6 Å². The maximum absolute atomic E-state index is 13.5.